The van der Waals surface area contributed by atoms with Crippen LogP contribution in [0.1, 0.15) is 22.8 Å². The zero-order chi connectivity index (χ0) is 15.2. The highest BCUT2D eigenvalue weighted by molar-refractivity contribution is 6.05. The highest BCUT2D eigenvalue weighted by atomic mass is 16.5. The average Bonchev–Trinajstić information content (AvgIpc) is 2.47. The Balaban J connectivity index is 2.16. The van der Waals surface area contributed by atoms with Gasteiger partial charge in [-0.05, 0) is 49.7 Å². The number of aryl methyl sites for hydroxylation is 1. The Morgan fingerprint density at radius 1 is 1.19 bits per heavy atom. The summed E-state index contributed by atoms with van der Waals surface area (Å²) in [5.74, 6) is 5.92. The van der Waals surface area contributed by atoms with E-state index in [1.165, 1.54) is 0 Å². The lowest BCUT2D eigenvalue weighted by atomic mass is 10.1. The maximum atomic E-state index is 12.3. The third-order valence-corrected chi connectivity index (χ3v) is 3.04. The number of carbonyl (C=O) groups excluding carboxylic acids is 1. The number of amides is 1. The van der Waals surface area contributed by atoms with Crippen LogP contribution in [-0.4, -0.2) is 12.5 Å². The molecule has 0 saturated carbocycles. The first kappa shape index (κ1) is 14.9. The molecule has 5 heteroatoms. The van der Waals surface area contributed by atoms with E-state index < -0.39 is 0 Å². The molecule has 110 valence electrons. The predicted molar refractivity (Wildman–Crippen MR) is 84.6 cm³/mol. The summed E-state index contributed by atoms with van der Waals surface area (Å²) in [5, 5.41) is 2.86. The molecule has 5 nitrogen and oxygen atoms in total. The molecule has 2 aromatic carbocycles. The lowest BCUT2D eigenvalue weighted by Crippen LogP contribution is -2.14. The number of hydrazine groups is 1. The Bertz CT molecular complexity index is 641. The van der Waals surface area contributed by atoms with Crippen molar-refractivity contribution in [3.05, 3.63) is 53.6 Å². The molecule has 0 aliphatic carbocycles. The smallest absolute Gasteiger partial charge is 0.255 e. The summed E-state index contributed by atoms with van der Waals surface area (Å²) in [6.07, 6.45) is 0. The van der Waals surface area contributed by atoms with Crippen molar-refractivity contribution in [1.29, 1.82) is 0 Å². The first-order valence-corrected chi connectivity index (χ1v) is 6.75. The number of nitrogen functional groups attached to an aromatic ring is 1. The zero-order valence-corrected chi connectivity index (χ0v) is 12.1. The Labute approximate surface area is 124 Å². The number of nitrogens with one attached hydrogen (secondary N) is 2. The van der Waals surface area contributed by atoms with E-state index in [9.17, 15) is 4.79 Å². The van der Waals surface area contributed by atoms with Crippen LogP contribution in [0.3, 0.4) is 0 Å². The van der Waals surface area contributed by atoms with Gasteiger partial charge in [-0.1, -0.05) is 6.07 Å². The largest absolute Gasteiger partial charge is 0.494 e. The van der Waals surface area contributed by atoms with Crippen molar-refractivity contribution < 1.29 is 9.53 Å². The second-order valence-electron chi connectivity index (χ2n) is 4.59. The molecule has 0 atom stereocenters. The predicted octanol–water partition coefficient (Wildman–Crippen LogP) is 2.93. The third-order valence-electron chi connectivity index (χ3n) is 3.04. The summed E-state index contributed by atoms with van der Waals surface area (Å²) in [7, 11) is 0. The van der Waals surface area contributed by atoms with Gasteiger partial charge < -0.3 is 15.5 Å². The average molecular weight is 285 g/mol. The molecule has 2 rings (SSSR count). The number of rotatable bonds is 5. The van der Waals surface area contributed by atoms with Gasteiger partial charge in [0, 0.05) is 23.0 Å². The third kappa shape index (κ3) is 3.73. The van der Waals surface area contributed by atoms with E-state index in [0.717, 1.165) is 17.0 Å². The molecule has 21 heavy (non-hydrogen) atoms. The maximum absolute atomic E-state index is 12.3. The fourth-order valence-corrected chi connectivity index (χ4v) is 2.04. The Hall–Kier alpha value is -2.53. The molecule has 0 aliphatic rings. The number of hydrogen-bond donors (Lipinski definition) is 3. The second-order valence-corrected chi connectivity index (χ2v) is 4.59. The number of anilines is 2. The molecule has 0 spiro atoms. The van der Waals surface area contributed by atoms with Crippen LogP contribution < -0.4 is 21.3 Å². The van der Waals surface area contributed by atoms with Gasteiger partial charge in [-0.15, -0.1) is 0 Å². The highest BCUT2D eigenvalue weighted by Crippen LogP contribution is 2.20. The summed E-state index contributed by atoms with van der Waals surface area (Å²) in [5.41, 5.74) is 5.48. The number of hydrogen-bond acceptors (Lipinski definition) is 4. The molecule has 0 unspecified atom stereocenters. The summed E-state index contributed by atoms with van der Waals surface area (Å²) in [4.78, 5) is 12.3. The van der Waals surface area contributed by atoms with Crippen LogP contribution in [0, 0.1) is 6.92 Å². The molecule has 1 amide bonds. The van der Waals surface area contributed by atoms with Crippen LogP contribution >= 0.6 is 0 Å². The molecule has 0 bridgehead atoms. The van der Waals surface area contributed by atoms with Crippen LogP contribution in [0.2, 0.25) is 0 Å². The number of ether oxygens (including phenoxy) is 1. The number of benzene rings is 2. The van der Waals surface area contributed by atoms with Gasteiger partial charge in [-0.3, -0.25) is 10.6 Å². The van der Waals surface area contributed by atoms with Crippen molar-refractivity contribution in [2.45, 2.75) is 13.8 Å². The monoisotopic (exact) mass is 285 g/mol. The number of nitrogens with two attached hydrogens (primary N) is 1. The minimum absolute atomic E-state index is 0.162. The van der Waals surface area contributed by atoms with E-state index in [2.05, 4.69) is 10.7 Å². The van der Waals surface area contributed by atoms with Crippen molar-refractivity contribution in [2.24, 2.45) is 5.84 Å². The van der Waals surface area contributed by atoms with E-state index in [0.29, 0.717) is 17.9 Å². The zero-order valence-electron chi connectivity index (χ0n) is 12.1. The molecule has 0 radical (unpaired) electrons. The molecular formula is C16H19N3O2. The van der Waals surface area contributed by atoms with E-state index in [-0.39, 0.29) is 5.91 Å². The Morgan fingerprint density at radius 2 is 2.00 bits per heavy atom. The van der Waals surface area contributed by atoms with Gasteiger partial charge in [0.15, 0.2) is 0 Å². The van der Waals surface area contributed by atoms with Crippen molar-refractivity contribution in [1.82, 2.24) is 0 Å². The molecular weight excluding hydrogens is 266 g/mol. The summed E-state index contributed by atoms with van der Waals surface area (Å²) in [6.45, 7) is 4.37. The van der Waals surface area contributed by atoms with Crippen molar-refractivity contribution in [3.8, 4) is 5.75 Å². The maximum Gasteiger partial charge on any atom is 0.255 e. The van der Waals surface area contributed by atoms with Crippen LogP contribution in [0.15, 0.2) is 42.5 Å². The fourth-order valence-electron chi connectivity index (χ4n) is 2.04. The SMILES string of the molecule is CCOc1cccc(NC(=O)c2ccc(NN)cc2C)c1. The minimum Gasteiger partial charge on any atom is -0.494 e. The molecule has 0 fully saturated rings. The van der Waals surface area contributed by atoms with Gasteiger partial charge in [-0.2, -0.15) is 0 Å². The summed E-state index contributed by atoms with van der Waals surface area (Å²) < 4.78 is 5.41. The fraction of sp³-hybridized carbons (Fsp3) is 0.188. The van der Waals surface area contributed by atoms with Gasteiger partial charge in [-0.25, -0.2) is 0 Å². The van der Waals surface area contributed by atoms with Crippen LogP contribution in [0.5, 0.6) is 5.75 Å². The molecule has 0 aromatic heterocycles. The molecule has 0 aliphatic heterocycles. The normalized spacial score (nSPS) is 10.0. The van der Waals surface area contributed by atoms with Crippen LogP contribution in [-0.2, 0) is 0 Å². The Kier molecular flexibility index (Phi) is 4.79. The van der Waals surface area contributed by atoms with E-state index >= 15 is 0 Å². The van der Waals surface area contributed by atoms with E-state index in [4.69, 9.17) is 10.6 Å². The lowest BCUT2D eigenvalue weighted by Gasteiger charge is -2.10. The van der Waals surface area contributed by atoms with Gasteiger partial charge in [0.1, 0.15) is 5.75 Å². The lowest BCUT2D eigenvalue weighted by molar-refractivity contribution is 0.102. The number of carbonyl (C=O) groups is 1. The Morgan fingerprint density at radius 3 is 2.67 bits per heavy atom. The molecule has 0 saturated heterocycles. The second kappa shape index (κ2) is 6.76. The first-order chi connectivity index (χ1) is 10.1. The molecule has 2 aromatic rings. The minimum atomic E-state index is -0.162. The van der Waals surface area contributed by atoms with Crippen molar-refractivity contribution >= 4 is 17.3 Å². The van der Waals surface area contributed by atoms with Crippen molar-refractivity contribution in [2.75, 3.05) is 17.3 Å². The van der Waals surface area contributed by atoms with E-state index in [1.54, 1.807) is 18.2 Å². The quantitative estimate of drug-likeness (QED) is 0.583. The standard InChI is InChI=1S/C16H19N3O2/c1-3-21-14-6-4-5-12(10-14)18-16(20)15-8-7-13(19-17)9-11(15)2/h4-10,19H,3,17H2,1-2H3,(H,18,20). The topological polar surface area (TPSA) is 76.4 Å². The molecule has 4 N–H and O–H groups in total. The van der Waals surface area contributed by atoms with Gasteiger partial charge in [0.25, 0.3) is 5.91 Å². The van der Waals surface area contributed by atoms with Crippen LogP contribution in [0.4, 0.5) is 11.4 Å². The van der Waals surface area contributed by atoms with Gasteiger partial charge in [0.05, 0.1) is 6.61 Å². The van der Waals surface area contributed by atoms with E-state index in [1.807, 2.05) is 38.1 Å². The van der Waals surface area contributed by atoms with Crippen LogP contribution in [0.25, 0.3) is 0 Å². The summed E-state index contributed by atoms with van der Waals surface area (Å²) in [6, 6.07) is 12.6. The van der Waals surface area contributed by atoms with Crippen molar-refractivity contribution in [3.63, 3.8) is 0 Å². The highest BCUT2D eigenvalue weighted by Gasteiger charge is 2.10. The summed E-state index contributed by atoms with van der Waals surface area (Å²) >= 11 is 0. The van der Waals surface area contributed by atoms with Gasteiger partial charge in [0.2, 0.25) is 0 Å². The molecule has 0 heterocycles. The first-order valence-electron chi connectivity index (χ1n) is 6.75. The van der Waals surface area contributed by atoms with Gasteiger partial charge >= 0.3 is 0 Å².